The third kappa shape index (κ3) is 17.5. The average Bonchev–Trinajstić information content (AvgIpc) is 3.32. The van der Waals surface area contributed by atoms with Crippen LogP contribution in [0.3, 0.4) is 0 Å². The monoisotopic (exact) mass is 890 g/mol. The van der Waals surface area contributed by atoms with Crippen molar-refractivity contribution in [2.45, 2.75) is 64.2 Å². The van der Waals surface area contributed by atoms with Crippen LogP contribution < -0.4 is 11.5 Å². The van der Waals surface area contributed by atoms with E-state index in [1.54, 1.807) is 109 Å². The Hall–Kier alpha value is -7.22. The number of rotatable bonds is 26. The van der Waals surface area contributed by atoms with E-state index in [0.29, 0.717) is 85.0 Å². The number of nitrogens with two attached hydrogens (primary N) is 2. The van der Waals surface area contributed by atoms with Crippen LogP contribution in [0.1, 0.15) is 94.3 Å². The number of esters is 6. The van der Waals surface area contributed by atoms with E-state index in [9.17, 15) is 28.8 Å². The fraction of sp³-hybridized carbons (Fsp3) is 0.333. The van der Waals surface area contributed by atoms with Crippen molar-refractivity contribution < 1.29 is 57.2 Å². The first-order valence-corrected chi connectivity index (χ1v) is 21.5. The van der Waals surface area contributed by atoms with Crippen LogP contribution in [-0.2, 0) is 60.4 Å². The number of nitrogen functional groups attached to an aromatic ring is 2. The van der Waals surface area contributed by atoms with Gasteiger partial charge in [-0.05, 0) is 147 Å². The van der Waals surface area contributed by atoms with Gasteiger partial charge in [-0.2, -0.15) is 0 Å². The van der Waals surface area contributed by atoms with Crippen molar-refractivity contribution in [3.63, 3.8) is 0 Å². The largest absolute Gasteiger partial charge is 0.466 e. The fourth-order valence-corrected chi connectivity index (χ4v) is 6.55. The molecular weight excluding hydrogens is 833 g/mol. The summed E-state index contributed by atoms with van der Waals surface area (Å²) >= 11 is 0. The van der Waals surface area contributed by atoms with Gasteiger partial charge in [-0.1, -0.05) is 48.5 Å². The van der Waals surface area contributed by atoms with Crippen molar-refractivity contribution in [2.24, 2.45) is 5.41 Å². The summed E-state index contributed by atoms with van der Waals surface area (Å²) in [5.41, 5.74) is 14.9. The maximum absolute atomic E-state index is 14.2. The Labute approximate surface area is 379 Å². The number of carbonyl (C=O) groups is 6. The number of hydrogen-bond donors (Lipinski definition) is 2. The van der Waals surface area contributed by atoms with Gasteiger partial charge in [0.1, 0.15) is 0 Å². The summed E-state index contributed by atoms with van der Waals surface area (Å²) in [6.07, 6.45) is 10.8. The zero-order valence-electron chi connectivity index (χ0n) is 37.0. The molecule has 14 nitrogen and oxygen atoms in total. The molecule has 0 radical (unpaired) electrons. The van der Waals surface area contributed by atoms with Gasteiger partial charge in [0.25, 0.3) is 0 Å². The second-order valence-corrected chi connectivity index (χ2v) is 15.2. The van der Waals surface area contributed by atoms with Gasteiger partial charge in [-0.15, -0.1) is 0 Å². The Morgan fingerprint density at radius 3 is 1.09 bits per heavy atom. The molecule has 0 aromatic heterocycles. The minimum atomic E-state index is -1.72. The molecule has 0 fully saturated rings. The lowest BCUT2D eigenvalue weighted by Gasteiger charge is -2.30. The van der Waals surface area contributed by atoms with E-state index in [4.69, 9.17) is 30.4 Å². The average molecular weight is 891 g/mol. The lowest BCUT2D eigenvalue weighted by Crippen LogP contribution is -2.46. The summed E-state index contributed by atoms with van der Waals surface area (Å²) in [5.74, 6) is -3.28. The van der Waals surface area contributed by atoms with Crippen LogP contribution >= 0.6 is 0 Å². The molecule has 14 heteroatoms. The highest BCUT2D eigenvalue weighted by molar-refractivity contribution is 6.01. The molecule has 344 valence electrons. The van der Waals surface area contributed by atoms with Crippen LogP contribution in [0.25, 0.3) is 12.2 Å². The number of carbonyl (C=O) groups excluding carboxylic acids is 6. The van der Waals surface area contributed by atoms with Crippen molar-refractivity contribution in [3.8, 4) is 0 Å². The number of ether oxygens (including phenoxy) is 6. The topological polar surface area (TPSA) is 210 Å². The smallest absolute Gasteiger partial charge is 0.338 e. The van der Waals surface area contributed by atoms with Crippen LogP contribution in [0.5, 0.6) is 0 Å². The predicted molar refractivity (Wildman–Crippen MR) is 246 cm³/mol. The molecule has 4 aromatic rings. The Kier molecular flexibility index (Phi) is 21.0. The lowest BCUT2D eigenvalue weighted by molar-refractivity contribution is -0.173. The number of benzene rings is 4. The molecule has 0 aliphatic rings. The van der Waals surface area contributed by atoms with E-state index in [2.05, 4.69) is 9.47 Å². The summed E-state index contributed by atoms with van der Waals surface area (Å²) in [4.78, 5) is 76.1. The van der Waals surface area contributed by atoms with Gasteiger partial charge in [0.2, 0.25) is 0 Å². The van der Waals surface area contributed by atoms with Gasteiger partial charge in [-0.25, -0.2) is 19.2 Å². The second-order valence-electron chi connectivity index (χ2n) is 15.2. The Morgan fingerprint density at radius 1 is 0.446 bits per heavy atom. The zero-order chi connectivity index (χ0) is 46.9. The molecule has 0 bridgehead atoms. The first kappa shape index (κ1) is 50.4. The molecule has 4 N–H and O–H groups in total. The summed E-state index contributed by atoms with van der Waals surface area (Å²) in [7, 11) is 2.59. The van der Waals surface area contributed by atoms with E-state index in [-0.39, 0.29) is 39.3 Å². The number of anilines is 2. The first-order chi connectivity index (χ1) is 31.4. The quantitative estimate of drug-likeness (QED) is 0.0153. The summed E-state index contributed by atoms with van der Waals surface area (Å²) in [5, 5.41) is 0. The minimum Gasteiger partial charge on any atom is -0.466 e. The Morgan fingerprint density at radius 2 is 0.769 bits per heavy atom. The highest BCUT2D eigenvalue weighted by atomic mass is 16.6. The van der Waals surface area contributed by atoms with Crippen molar-refractivity contribution in [1.29, 1.82) is 0 Å². The number of hydrogen-bond acceptors (Lipinski definition) is 14. The number of unbranched alkanes of at least 4 members (excludes halogenated alkanes) is 6. The highest BCUT2D eigenvalue weighted by Gasteiger charge is 2.49. The Bertz CT molecular complexity index is 2060. The molecule has 65 heavy (non-hydrogen) atoms. The fourth-order valence-electron chi connectivity index (χ4n) is 6.55. The van der Waals surface area contributed by atoms with Crippen LogP contribution in [0, 0.1) is 5.41 Å². The van der Waals surface area contributed by atoms with Crippen LogP contribution in [0.2, 0.25) is 0 Å². The van der Waals surface area contributed by atoms with Gasteiger partial charge in [0.05, 0.1) is 51.8 Å². The molecule has 0 spiro atoms. The molecule has 0 unspecified atom stereocenters. The van der Waals surface area contributed by atoms with Gasteiger partial charge < -0.3 is 39.9 Å². The van der Waals surface area contributed by atoms with E-state index >= 15 is 0 Å². The molecule has 0 aliphatic carbocycles. The third-order valence-electron chi connectivity index (χ3n) is 10.3. The molecule has 0 amide bonds. The SMILES string of the molecule is COC(=O)/C=C/c1ccc(C(=O)OCCCCCCOC(=O)C(Cc2ccc(N)cc2)(Cc2ccc(N)cc2)C(=O)OCCCCCCOC(=O)c2ccc(/C=C/C(=O)OC)cc2)cc1. The van der Waals surface area contributed by atoms with Gasteiger partial charge in [-0.3, -0.25) is 9.59 Å². The molecule has 0 saturated heterocycles. The molecule has 4 rings (SSSR count). The molecule has 4 aromatic carbocycles. The standard InChI is InChI=1S/C51H58N2O12/c1-60-45(54)29-19-37-11-21-41(22-12-37)47(56)62-31-7-3-5-9-33-64-49(58)51(35-39-15-25-43(52)26-16-39,36-40-17-27-44(53)28-18-40)50(59)65-34-10-6-4-8-32-63-48(57)42-23-13-38(14-24-42)20-30-46(55)61-2/h11-30H,3-10,31-36,52-53H2,1-2H3/b29-19+,30-20+. The number of methoxy groups -OCH3 is 2. The molecule has 0 saturated carbocycles. The van der Waals surface area contributed by atoms with Crippen molar-refractivity contribution >= 4 is 59.3 Å². The van der Waals surface area contributed by atoms with Crippen molar-refractivity contribution in [1.82, 2.24) is 0 Å². The van der Waals surface area contributed by atoms with Crippen LogP contribution in [-0.4, -0.2) is 76.5 Å². The molecule has 0 atom stereocenters. The maximum Gasteiger partial charge on any atom is 0.338 e. The van der Waals surface area contributed by atoms with E-state index in [1.807, 2.05) is 0 Å². The van der Waals surface area contributed by atoms with E-state index in [0.717, 1.165) is 11.1 Å². The van der Waals surface area contributed by atoms with Crippen LogP contribution in [0.4, 0.5) is 11.4 Å². The van der Waals surface area contributed by atoms with Crippen molar-refractivity contribution in [2.75, 3.05) is 52.1 Å². The third-order valence-corrected chi connectivity index (χ3v) is 10.3. The molecular formula is C51H58N2O12. The van der Waals surface area contributed by atoms with Gasteiger partial charge in [0.15, 0.2) is 5.41 Å². The minimum absolute atomic E-state index is 0.00585. The molecule has 0 heterocycles. The zero-order valence-corrected chi connectivity index (χ0v) is 37.0. The highest BCUT2D eigenvalue weighted by Crippen LogP contribution is 2.33. The van der Waals surface area contributed by atoms with Gasteiger partial charge in [0, 0.05) is 23.5 Å². The summed E-state index contributed by atoms with van der Waals surface area (Å²) < 4.78 is 31.7. The molecule has 0 aliphatic heterocycles. The normalized spacial score (nSPS) is 11.2. The Balaban J connectivity index is 1.27. The van der Waals surface area contributed by atoms with E-state index in [1.165, 1.54) is 26.4 Å². The summed E-state index contributed by atoms with van der Waals surface area (Å²) in [6, 6.07) is 27.2. The maximum atomic E-state index is 14.2. The second kappa shape index (κ2) is 27.1. The summed E-state index contributed by atoms with van der Waals surface area (Å²) in [6.45, 7) is 0.560. The van der Waals surface area contributed by atoms with Crippen LogP contribution in [0.15, 0.2) is 109 Å². The lowest BCUT2D eigenvalue weighted by atomic mass is 9.76. The first-order valence-electron chi connectivity index (χ1n) is 21.5. The van der Waals surface area contributed by atoms with E-state index < -0.39 is 41.2 Å². The van der Waals surface area contributed by atoms with Crippen molar-refractivity contribution in [3.05, 3.63) is 143 Å². The van der Waals surface area contributed by atoms with Gasteiger partial charge >= 0.3 is 35.8 Å². The predicted octanol–water partition coefficient (Wildman–Crippen LogP) is 7.92.